The number of halogens is 1. The lowest BCUT2D eigenvalue weighted by molar-refractivity contribution is 0.0375. The van der Waals surface area contributed by atoms with Gasteiger partial charge in [0.05, 0.1) is 6.61 Å². The van der Waals surface area contributed by atoms with Gasteiger partial charge in [0, 0.05) is 24.1 Å². The summed E-state index contributed by atoms with van der Waals surface area (Å²) in [4.78, 5) is 12.1. The van der Waals surface area contributed by atoms with Crippen LogP contribution in [0.3, 0.4) is 0 Å². The Kier molecular flexibility index (Phi) is 4.61. The lowest BCUT2D eigenvalue weighted by Crippen LogP contribution is -2.44. The van der Waals surface area contributed by atoms with Crippen molar-refractivity contribution in [3.63, 3.8) is 0 Å². The zero-order valence-corrected chi connectivity index (χ0v) is 11.2. The van der Waals surface area contributed by atoms with E-state index in [1.54, 1.807) is 0 Å². The SMILES string of the molecule is CC1COCCC1NC(=O)c1ccc(CCl)cc1. The third-order valence-corrected chi connectivity index (χ3v) is 3.64. The third kappa shape index (κ3) is 3.24. The highest BCUT2D eigenvalue weighted by atomic mass is 35.5. The van der Waals surface area contributed by atoms with Gasteiger partial charge in [-0.2, -0.15) is 0 Å². The van der Waals surface area contributed by atoms with Crippen LogP contribution >= 0.6 is 11.6 Å². The molecule has 98 valence electrons. The molecule has 1 aliphatic rings. The summed E-state index contributed by atoms with van der Waals surface area (Å²) >= 11 is 5.72. The fourth-order valence-electron chi connectivity index (χ4n) is 2.09. The molecule has 0 saturated carbocycles. The number of ether oxygens (including phenoxy) is 1. The zero-order chi connectivity index (χ0) is 13.0. The van der Waals surface area contributed by atoms with E-state index >= 15 is 0 Å². The molecule has 3 nitrogen and oxygen atoms in total. The van der Waals surface area contributed by atoms with E-state index in [1.807, 2.05) is 24.3 Å². The highest BCUT2D eigenvalue weighted by Crippen LogP contribution is 2.15. The molecule has 0 radical (unpaired) electrons. The van der Waals surface area contributed by atoms with Gasteiger partial charge in [-0.1, -0.05) is 19.1 Å². The van der Waals surface area contributed by atoms with E-state index in [0.29, 0.717) is 17.4 Å². The lowest BCUT2D eigenvalue weighted by atomic mass is 9.97. The largest absolute Gasteiger partial charge is 0.381 e. The second kappa shape index (κ2) is 6.21. The fraction of sp³-hybridized carbons (Fsp3) is 0.500. The Morgan fingerprint density at radius 1 is 1.44 bits per heavy atom. The molecule has 2 unspecified atom stereocenters. The number of carbonyl (C=O) groups is 1. The maximum absolute atomic E-state index is 12.1. The summed E-state index contributed by atoms with van der Waals surface area (Å²) in [6.07, 6.45) is 0.882. The number of nitrogens with one attached hydrogen (secondary N) is 1. The van der Waals surface area contributed by atoms with Gasteiger partial charge < -0.3 is 10.1 Å². The van der Waals surface area contributed by atoms with E-state index in [-0.39, 0.29) is 11.9 Å². The number of rotatable bonds is 3. The number of hydrogen-bond acceptors (Lipinski definition) is 2. The molecule has 1 fully saturated rings. The van der Waals surface area contributed by atoms with Crippen molar-refractivity contribution in [2.75, 3.05) is 13.2 Å². The standard InChI is InChI=1S/C14H18ClNO2/c1-10-9-18-7-6-13(10)16-14(17)12-4-2-11(8-15)3-5-12/h2-5,10,13H,6-9H2,1H3,(H,16,17). The van der Waals surface area contributed by atoms with E-state index in [4.69, 9.17) is 16.3 Å². The number of amides is 1. The topological polar surface area (TPSA) is 38.3 Å². The van der Waals surface area contributed by atoms with Crippen molar-refractivity contribution in [2.45, 2.75) is 25.3 Å². The molecular formula is C14H18ClNO2. The Morgan fingerprint density at radius 3 is 2.78 bits per heavy atom. The van der Waals surface area contributed by atoms with E-state index in [1.165, 1.54) is 0 Å². The number of hydrogen-bond donors (Lipinski definition) is 1. The summed E-state index contributed by atoms with van der Waals surface area (Å²) < 4.78 is 5.36. The highest BCUT2D eigenvalue weighted by molar-refractivity contribution is 6.17. The summed E-state index contributed by atoms with van der Waals surface area (Å²) in [5.41, 5.74) is 1.70. The average molecular weight is 268 g/mol. The predicted octanol–water partition coefficient (Wildman–Crippen LogP) is 2.58. The van der Waals surface area contributed by atoms with Crippen LogP contribution in [0.15, 0.2) is 24.3 Å². The van der Waals surface area contributed by atoms with Crippen molar-refractivity contribution >= 4 is 17.5 Å². The van der Waals surface area contributed by atoms with Crippen molar-refractivity contribution in [1.82, 2.24) is 5.32 Å². The van der Waals surface area contributed by atoms with Crippen LogP contribution in [0.25, 0.3) is 0 Å². The van der Waals surface area contributed by atoms with Gasteiger partial charge in [0.2, 0.25) is 0 Å². The second-order valence-electron chi connectivity index (χ2n) is 4.75. The minimum Gasteiger partial charge on any atom is -0.381 e. The smallest absolute Gasteiger partial charge is 0.251 e. The van der Waals surface area contributed by atoms with Gasteiger partial charge in [-0.3, -0.25) is 4.79 Å². The van der Waals surface area contributed by atoms with Crippen molar-refractivity contribution < 1.29 is 9.53 Å². The first kappa shape index (κ1) is 13.4. The Bertz CT molecular complexity index is 405. The second-order valence-corrected chi connectivity index (χ2v) is 5.02. The van der Waals surface area contributed by atoms with Crippen molar-refractivity contribution in [2.24, 2.45) is 5.92 Å². The van der Waals surface area contributed by atoms with Gasteiger partial charge in [-0.05, 0) is 30.0 Å². The summed E-state index contributed by atoms with van der Waals surface area (Å²) in [6, 6.07) is 7.61. The van der Waals surface area contributed by atoms with Gasteiger partial charge in [0.25, 0.3) is 5.91 Å². The summed E-state index contributed by atoms with van der Waals surface area (Å²) in [5, 5.41) is 3.07. The van der Waals surface area contributed by atoms with Crippen molar-refractivity contribution in [1.29, 1.82) is 0 Å². The quantitative estimate of drug-likeness (QED) is 0.855. The van der Waals surface area contributed by atoms with Crippen LogP contribution in [0, 0.1) is 5.92 Å². The Labute approximate surface area is 112 Å². The molecule has 1 saturated heterocycles. The minimum atomic E-state index is -0.0186. The first-order chi connectivity index (χ1) is 8.70. The molecule has 1 aliphatic heterocycles. The third-order valence-electron chi connectivity index (χ3n) is 3.33. The molecule has 0 bridgehead atoms. The van der Waals surface area contributed by atoms with Gasteiger partial charge in [-0.25, -0.2) is 0 Å². The first-order valence-electron chi connectivity index (χ1n) is 6.24. The van der Waals surface area contributed by atoms with Crippen LogP contribution < -0.4 is 5.32 Å². The molecule has 2 rings (SSSR count). The summed E-state index contributed by atoms with van der Waals surface area (Å²) in [5.74, 6) is 0.818. The van der Waals surface area contributed by atoms with Gasteiger partial charge in [0.15, 0.2) is 0 Å². The van der Waals surface area contributed by atoms with E-state index in [2.05, 4.69) is 12.2 Å². The number of carbonyl (C=O) groups excluding carboxylic acids is 1. The summed E-state index contributed by atoms with van der Waals surface area (Å²) in [6.45, 7) is 3.54. The molecule has 1 aromatic rings. The molecule has 0 aliphatic carbocycles. The molecule has 4 heteroatoms. The average Bonchev–Trinajstić information content (AvgIpc) is 2.41. The minimum absolute atomic E-state index is 0.0186. The molecular weight excluding hydrogens is 250 g/mol. The number of alkyl halides is 1. The van der Waals surface area contributed by atoms with Crippen LogP contribution in [0.2, 0.25) is 0 Å². The Morgan fingerprint density at radius 2 is 2.17 bits per heavy atom. The van der Waals surface area contributed by atoms with Crippen LogP contribution in [0.1, 0.15) is 29.3 Å². The zero-order valence-electron chi connectivity index (χ0n) is 10.5. The van der Waals surface area contributed by atoms with Crippen LogP contribution in [0.4, 0.5) is 0 Å². The van der Waals surface area contributed by atoms with E-state index in [9.17, 15) is 4.79 Å². The van der Waals surface area contributed by atoms with E-state index in [0.717, 1.165) is 25.2 Å². The molecule has 1 aromatic carbocycles. The van der Waals surface area contributed by atoms with Crippen molar-refractivity contribution in [3.05, 3.63) is 35.4 Å². The first-order valence-corrected chi connectivity index (χ1v) is 6.77. The lowest BCUT2D eigenvalue weighted by Gasteiger charge is -2.29. The highest BCUT2D eigenvalue weighted by Gasteiger charge is 2.23. The fourth-order valence-corrected chi connectivity index (χ4v) is 2.27. The molecule has 0 aromatic heterocycles. The molecule has 2 atom stereocenters. The normalized spacial score (nSPS) is 23.7. The number of benzene rings is 1. The van der Waals surface area contributed by atoms with Gasteiger partial charge in [0.1, 0.15) is 0 Å². The van der Waals surface area contributed by atoms with Gasteiger partial charge in [-0.15, -0.1) is 11.6 Å². The van der Waals surface area contributed by atoms with Crippen LogP contribution in [-0.2, 0) is 10.6 Å². The van der Waals surface area contributed by atoms with Gasteiger partial charge >= 0.3 is 0 Å². The molecule has 1 heterocycles. The Balaban J connectivity index is 1.97. The molecule has 0 spiro atoms. The predicted molar refractivity (Wildman–Crippen MR) is 71.9 cm³/mol. The maximum Gasteiger partial charge on any atom is 0.251 e. The Hall–Kier alpha value is -1.06. The summed E-state index contributed by atoms with van der Waals surface area (Å²) in [7, 11) is 0. The molecule has 1 amide bonds. The van der Waals surface area contributed by atoms with Crippen LogP contribution in [-0.4, -0.2) is 25.2 Å². The van der Waals surface area contributed by atoms with Crippen LogP contribution in [0.5, 0.6) is 0 Å². The monoisotopic (exact) mass is 267 g/mol. The molecule has 1 N–H and O–H groups in total. The maximum atomic E-state index is 12.1. The van der Waals surface area contributed by atoms with E-state index < -0.39 is 0 Å². The van der Waals surface area contributed by atoms with Crippen molar-refractivity contribution in [3.8, 4) is 0 Å². The molecule has 18 heavy (non-hydrogen) atoms.